The number of carbonyl (C=O) groups is 3. The predicted molar refractivity (Wildman–Crippen MR) is 89.6 cm³/mol. The summed E-state index contributed by atoms with van der Waals surface area (Å²) in [5.74, 6) is -1.61. The molecule has 0 radical (unpaired) electrons. The Hall–Kier alpha value is -2.08. The molecule has 6 nitrogen and oxygen atoms in total. The van der Waals surface area contributed by atoms with Crippen LogP contribution in [-0.2, 0) is 14.4 Å². The number of aliphatic carboxylic acids is 1. The van der Waals surface area contributed by atoms with Gasteiger partial charge in [0.1, 0.15) is 0 Å². The average molecular weight is 353 g/mol. The number of carboxylic acids is 1. The van der Waals surface area contributed by atoms with Crippen LogP contribution in [0, 0.1) is 5.92 Å². The monoisotopic (exact) mass is 352 g/mol. The standard InChI is InChI=1S/C17H21ClN2O4/c1-19(8-4-7-15(22)23)17(24)13-10-14(21)20(2)16(13)11-5-3-6-12(18)9-11/h3,5-6,9,13,16H,4,7-8,10H2,1-2H3,(H,22,23). The number of amides is 2. The number of benzene rings is 1. The Morgan fingerprint density at radius 3 is 2.75 bits per heavy atom. The molecular formula is C17H21ClN2O4. The van der Waals surface area contributed by atoms with Gasteiger partial charge in [-0.05, 0) is 24.1 Å². The number of rotatable bonds is 6. The summed E-state index contributed by atoms with van der Waals surface area (Å²) in [6.45, 7) is 0.349. The van der Waals surface area contributed by atoms with Gasteiger partial charge in [0.15, 0.2) is 0 Å². The van der Waals surface area contributed by atoms with E-state index in [1.807, 2.05) is 6.07 Å². The number of carboxylic acid groups (broad SMARTS) is 1. The molecule has 0 bridgehead atoms. The lowest BCUT2D eigenvalue weighted by atomic mass is 9.92. The van der Waals surface area contributed by atoms with E-state index in [9.17, 15) is 14.4 Å². The SMILES string of the molecule is CN(CCCC(=O)O)C(=O)C1CC(=O)N(C)C1c1cccc(Cl)c1. The van der Waals surface area contributed by atoms with Crippen LogP contribution >= 0.6 is 11.6 Å². The Labute approximate surface area is 146 Å². The number of carbonyl (C=O) groups excluding carboxylic acids is 2. The van der Waals surface area contributed by atoms with Gasteiger partial charge in [-0.3, -0.25) is 14.4 Å². The Kier molecular flexibility index (Phi) is 5.83. The van der Waals surface area contributed by atoms with Crippen molar-refractivity contribution in [2.24, 2.45) is 5.92 Å². The first-order chi connectivity index (χ1) is 11.3. The topological polar surface area (TPSA) is 77.9 Å². The van der Waals surface area contributed by atoms with E-state index in [2.05, 4.69) is 0 Å². The second kappa shape index (κ2) is 7.66. The average Bonchev–Trinajstić information content (AvgIpc) is 2.81. The van der Waals surface area contributed by atoms with Crippen molar-refractivity contribution in [2.75, 3.05) is 20.6 Å². The van der Waals surface area contributed by atoms with E-state index in [0.717, 1.165) is 5.56 Å². The van der Waals surface area contributed by atoms with Crippen molar-refractivity contribution < 1.29 is 19.5 Å². The summed E-state index contributed by atoms with van der Waals surface area (Å²) < 4.78 is 0. The minimum absolute atomic E-state index is 0.0127. The van der Waals surface area contributed by atoms with E-state index >= 15 is 0 Å². The molecule has 2 unspecified atom stereocenters. The molecule has 7 heteroatoms. The Morgan fingerprint density at radius 2 is 2.12 bits per heavy atom. The number of likely N-dealkylation sites (tertiary alicyclic amines) is 1. The molecule has 1 N–H and O–H groups in total. The largest absolute Gasteiger partial charge is 0.481 e. The van der Waals surface area contributed by atoms with Crippen molar-refractivity contribution in [3.05, 3.63) is 34.9 Å². The molecule has 0 saturated carbocycles. The van der Waals surface area contributed by atoms with Gasteiger partial charge in [-0.15, -0.1) is 0 Å². The van der Waals surface area contributed by atoms with Crippen LogP contribution in [0.4, 0.5) is 0 Å². The summed E-state index contributed by atoms with van der Waals surface area (Å²) in [6.07, 6.45) is 0.546. The third kappa shape index (κ3) is 4.06. The Bertz CT molecular complexity index is 649. The molecule has 1 aliphatic heterocycles. The number of hydrogen-bond acceptors (Lipinski definition) is 3. The zero-order chi connectivity index (χ0) is 17.9. The van der Waals surface area contributed by atoms with E-state index in [1.165, 1.54) is 4.90 Å². The van der Waals surface area contributed by atoms with Crippen LogP contribution in [0.3, 0.4) is 0 Å². The molecule has 0 aliphatic carbocycles. The summed E-state index contributed by atoms with van der Waals surface area (Å²) in [6, 6.07) is 6.82. The number of halogens is 1. The van der Waals surface area contributed by atoms with E-state index in [0.29, 0.717) is 18.0 Å². The molecule has 1 fully saturated rings. The molecule has 1 saturated heterocycles. The molecule has 2 atom stereocenters. The number of nitrogens with zero attached hydrogens (tertiary/aromatic N) is 2. The van der Waals surface area contributed by atoms with Crippen LogP contribution in [0.5, 0.6) is 0 Å². The zero-order valence-corrected chi connectivity index (χ0v) is 14.5. The third-order valence-electron chi connectivity index (χ3n) is 4.35. The summed E-state index contributed by atoms with van der Waals surface area (Å²) >= 11 is 6.04. The molecule has 130 valence electrons. The summed E-state index contributed by atoms with van der Waals surface area (Å²) in [5.41, 5.74) is 0.827. The molecular weight excluding hydrogens is 332 g/mol. The molecule has 1 aliphatic rings. The highest BCUT2D eigenvalue weighted by Crippen LogP contribution is 2.38. The van der Waals surface area contributed by atoms with Crippen LogP contribution in [0.25, 0.3) is 0 Å². The molecule has 0 aromatic heterocycles. The summed E-state index contributed by atoms with van der Waals surface area (Å²) in [7, 11) is 3.33. The maximum Gasteiger partial charge on any atom is 0.303 e. The molecule has 0 spiro atoms. The second-order valence-electron chi connectivity index (χ2n) is 6.07. The minimum atomic E-state index is -0.886. The highest BCUT2D eigenvalue weighted by atomic mass is 35.5. The fourth-order valence-electron chi connectivity index (χ4n) is 3.10. The highest BCUT2D eigenvalue weighted by Gasteiger charge is 2.43. The Balaban J connectivity index is 2.15. The van der Waals surface area contributed by atoms with Crippen molar-refractivity contribution in [3.8, 4) is 0 Å². The molecule has 2 amide bonds. The normalized spacial score (nSPS) is 20.3. The van der Waals surface area contributed by atoms with Crippen LogP contribution in [0.15, 0.2) is 24.3 Å². The first-order valence-electron chi connectivity index (χ1n) is 7.79. The lowest BCUT2D eigenvalue weighted by molar-refractivity contribution is -0.139. The fraction of sp³-hybridized carbons (Fsp3) is 0.471. The van der Waals surface area contributed by atoms with Gasteiger partial charge in [-0.1, -0.05) is 23.7 Å². The van der Waals surface area contributed by atoms with Gasteiger partial charge in [-0.2, -0.15) is 0 Å². The van der Waals surface area contributed by atoms with E-state index < -0.39 is 11.9 Å². The van der Waals surface area contributed by atoms with Crippen molar-refractivity contribution in [2.45, 2.75) is 25.3 Å². The lowest BCUT2D eigenvalue weighted by Gasteiger charge is -2.28. The van der Waals surface area contributed by atoms with Crippen molar-refractivity contribution >= 4 is 29.4 Å². The van der Waals surface area contributed by atoms with Crippen LogP contribution in [0.1, 0.15) is 30.9 Å². The smallest absolute Gasteiger partial charge is 0.303 e. The van der Waals surface area contributed by atoms with Crippen LogP contribution in [-0.4, -0.2) is 53.3 Å². The highest BCUT2D eigenvalue weighted by molar-refractivity contribution is 6.30. The van der Waals surface area contributed by atoms with E-state index in [4.69, 9.17) is 16.7 Å². The number of hydrogen-bond donors (Lipinski definition) is 1. The first kappa shape index (κ1) is 18.3. The first-order valence-corrected chi connectivity index (χ1v) is 8.17. The van der Waals surface area contributed by atoms with E-state index in [-0.39, 0.29) is 30.7 Å². The zero-order valence-electron chi connectivity index (χ0n) is 13.7. The second-order valence-corrected chi connectivity index (χ2v) is 6.51. The van der Waals surface area contributed by atoms with Crippen LogP contribution < -0.4 is 0 Å². The van der Waals surface area contributed by atoms with Gasteiger partial charge >= 0.3 is 5.97 Å². The minimum Gasteiger partial charge on any atom is -0.481 e. The van der Waals surface area contributed by atoms with E-state index in [1.54, 1.807) is 37.2 Å². The molecule has 1 heterocycles. The van der Waals surface area contributed by atoms with Gasteiger partial charge in [0, 0.05) is 38.5 Å². The Morgan fingerprint density at radius 1 is 1.42 bits per heavy atom. The van der Waals surface area contributed by atoms with Gasteiger partial charge in [0.25, 0.3) is 0 Å². The predicted octanol–water partition coefficient (Wildman–Crippen LogP) is 2.18. The summed E-state index contributed by atoms with van der Waals surface area (Å²) in [4.78, 5) is 38.6. The van der Waals surface area contributed by atoms with Gasteiger partial charge < -0.3 is 14.9 Å². The maximum atomic E-state index is 12.7. The molecule has 2 rings (SSSR count). The van der Waals surface area contributed by atoms with Crippen molar-refractivity contribution in [3.63, 3.8) is 0 Å². The van der Waals surface area contributed by atoms with Crippen LogP contribution in [0.2, 0.25) is 5.02 Å². The quantitative estimate of drug-likeness (QED) is 0.851. The molecule has 24 heavy (non-hydrogen) atoms. The van der Waals surface area contributed by atoms with Gasteiger partial charge in [0.2, 0.25) is 11.8 Å². The third-order valence-corrected chi connectivity index (χ3v) is 4.59. The molecule has 1 aromatic rings. The molecule has 1 aromatic carbocycles. The maximum absolute atomic E-state index is 12.7. The summed E-state index contributed by atoms with van der Waals surface area (Å²) in [5, 5.41) is 9.25. The fourth-order valence-corrected chi connectivity index (χ4v) is 3.30. The van der Waals surface area contributed by atoms with Gasteiger partial charge in [0.05, 0.1) is 12.0 Å². The van der Waals surface area contributed by atoms with Crippen molar-refractivity contribution in [1.29, 1.82) is 0 Å². The van der Waals surface area contributed by atoms with Crippen molar-refractivity contribution in [1.82, 2.24) is 9.80 Å². The lowest BCUT2D eigenvalue weighted by Crippen LogP contribution is -2.36. The van der Waals surface area contributed by atoms with Gasteiger partial charge in [-0.25, -0.2) is 0 Å².